The molecule has 0 heterocycles. The van der Waals surface area contributed by atoms with Crippen molar-refractivity contribution in [1.82, 2.24) is 4.72 Å². The monoisotopic (exact) mass is 281 g/mol. The minimum atomic E-state index is -3.54. The van der Waals surface area contributed by atoms with E-state index in [9.17, 15) is 13.2 Å². The molecule has 2 N–H and O–H groups in total. The molecule has 5 nitrogen and oxygen atoms in total. The van der Waals surface area contributed by atoms with Crippen LogP contribution in [0.4, 0.5) is 0 Å². The van der Waals surface area contributed by atoms with Crippen LogP contribution in [0.25, 0.3) is 0 Å². The first kappa shape index (κ1) is 15.2. The normalized spacial score (nSPS) is 12.6. The summed E-state index contributed by atoms with van der Waals surface area (Å²) in [6.45, 7) is 1.67. The first-order chi connectivity index (χ1) is 8.84. The highest BCUT2D eigenvalue weighted by atomic mass is 32.2. The van der Waals surface area contributed by atoms with Crippen LogP contribution in [0, 0.1) is 12.3 Å². The largest absolute Gasteiger partial charge is 0.478 e. The van der Waals surface area contributed by atoms with Gasteiger partial charge in [0.2, 0.25) is 10.0 Å². The Balaban J connectivity index is 2.81. The zero-order chi connectivity index (χ0) is 14.5. The van der Waals surface area contributed by atoms with Crippen LogP contribution in [-0.4, -0.2) is 25.5 Å². The number of sulfonamides is 1. The van der Waals surface area contributed by atoms with Crippen LogP contribution in [0.3, 0.4) is 0 Å². The van der Waals surface area contributed by atoms with Crippen molar-refractivity contribution < 1.29 is 18.3 Å². The molecule has 0 aromatic heterocycles. The number of rotatable bonds is 6. The van der Waals surface area contributed by atoms with E-state index in [-0.39, 0.29) is 17.4 Å². The van der Waals surface area contributed by atoms with Crippen LogP contribution < -0.4 is 4.72 Å². The van der Waals surface area contributed by atoms with Crippen LogP contribution in [0.15, 0.2) is 24.3 Å². The van der Waals surface area contributed by atoms with Gasteiger partial charge in [-0.1, -0.05) is 12.1 Å². The molecule has 0 bridgehead atoms. The summed E-state index contributed by atoms with van der Waals surface area (Å²) in [6, 6.07) is 5.48. The number of benzene rings is 1. The van der Waals surface area contributed by atoms with Gasteiger partial charge in [0.1, 0.15) is 0 Å². The van der Waals surface area contributed by atoms with Crippen molar-refractivity contribution in [3.05, 3.63) is 35.4 Å². The van der Waals surface area contributed by atoms with Crippen molar-refractivity contribution in [2.75, 3.05) is 0 Å². The van der Waals surface area contributed by atoms with Gasteiger partial charge in [0, 0.05) is 12.5 Å². The molecule has 0 spiro atoms. The molecule has 0 aliphatic rings. The maximum Gasteiger partial charge on any atom is 0.335 e. The molecule has 1 aromatic carbocycles. The van der Waals surface area contributed by atoms with Crippen molar-refractivity contribution >= 4 is 16.0 Å². The van der Waals surface area contributed by atoms with Gasteiger partial charge in [0.15, 0.2) is 0 Å². The summed E-state index contributed by atoms with van der Waals surface area (Å²) in [6.07, 6.45) is 5.40. The molecule has 1 unspecified atom stereocenters. The van der Waals surface area contributed by atoms with Gasteiger partial charge < -0.3 is 5.11 Å². The van der Waals surface area contributed by atoms with Crippen molar-refractivity contribution in [1.29, 1.82) is 0 Å². The minimum Gasteiger partial charge on any atom is -0.478 e. The molecule has 1 atom stereocenters. The molecule has 0 amide bonds. The van der Waals surface area contributed by atoms with Gasteiger partial charge in [0.05, 0.1) is 11.3 Å². The smallest absolute Gasteiger partial charge is 0.335 e. The average molecular weight is 281 g/mol. The number of carboxylic acid groups (broad SMARTS) is 1. The fourth-order valence-corrected chi connectivity index (χ4v) is 2.98. The molecule has 0 aliphatic carbocycles. The predicted octanol–water partition coefficient (Wildman–Crippen LogP) is 1.22. The summed E-state index contributed by atoms with van der Waals surface area (Å²) in [5.74, 6) is 1.01. The number of carboxylic acids is 1. The van der Waals surface area contributed by atoms with Gasteiger partial charge in [-0.3, -0.25) is 0 Å². The van der Waals surface area contributed by atoms with Crippen LogP contribution in [0.1, 0.15) is 29.3 Å². The third-order valence-corrected chi connectivity index (χ3v) is 3.81. The summed E-state index contributed by atoms with van der Waals surface area (Å²) in [5.41, 5.74) is 0.477. The number of terminal acetylenes is 1. The Morgan fingerprint density at radius 1 is 1.53 bits per heavy atom. The van der Waals surface area contributed by atoms with Gasteiger partial charge in [-0.05, 0) is 24.6 Å². The zero-order valence-electron chi connectivity index (χ0n) is 10.5. The summed E-state index contributed by atoms with van der Waals surface area (Å²) in [7, 11) is -3.54. The highest BCUT2D eigenvalue weighted by molar-refractivity contribution is 7.88. The van der Waals surface area contributed by atoms with E-state index >= 15 is 0 Å². The van der Waals surface area contributed by atoms with E-state index in [1.54, 1.807) is 13.0 Å². The number of aromatic carboxylic acids is 1. The van der Waals surface area contributed by atoms with E-state index in [2.05, 4.69) is 10.6 Å². The van der Waals surface area contributed by atoms with Gasteiger partial charge in [-0.2, -0.15) is 0 Å². The third-order valence-electron chi connectivity index (χ3n) is 2.34. The number of hydrogen-bond donors (Lipinski definition) is 2. The summed E-state index contributed by atoms with van der Waals surface area (Å²) in [4.78, 5) is 10.8. The third kappa shape index (κ3) is 5.12. The summed E-state index contributed by atoms with van der Waals surface area (Å²) >= 11 is 0. The molecular formula is C13H15NO4S. The van der Waals surface area contributed by atoms with Gasteiger partial charge in [0.25, 0.3) is 0 Å². The SMILES string of the molecule is C#CCC(C)NS(=O)(=O)Cc1cccc(C(=O)O)c1. The highest BCUT2D eigenvalue weighted by Crippen LogP contribution is 2.09. The van der Waals surface area contributed by atoms with E-state index in [4.69, 9.17) is 11.5 Å². The van der Waals surface area contributed by atoms with Crippen LogP contribution in [-0.2, 0) is 15.8 Å². The van der Waals surface area contributed by atoms with Crippen molar-refractivity contribution in [2.24, 2.45) is 0 Å². The maximum atomic E-state index is 11.8. The first-order valence-electron chi connectivity index (χ1n) is 5.60. The van der Waals surface area contributed by atoms with Crippen molar-refractivity contribution in [2.45, 2.75) is 25.1 Å². The number of hydrogen-bond acceptors (Lipinski definition) is 3. The topological polar surface area (TPSA) is 83.5 Å². The first-order valence-corrected chi connectivity index (χ1v) is 7.25. The van der Waals surface area contributed by atoms with E-state index in [0.717, 1.165) is 0 Å². The molecule has 0 saturated heterocycles. The molecule has 0 fully saturated rings. The Morgan fingerprint density at radius 3 is 2.79 bits per heavy atom. The van der Waals surface area contributed by atoms with E-state index in [1.807, 2.05) is 0 Å². The minimum absolute atomic E-state index is 0.0596. The number of nitrogens with one attached hydrogen (secondary N) is 1. The lowest BCUT2D eigenvalue weighted by Crippen LogP contribution is -2.33. The molecule has 6 heteroatoms. The fourth-order valence-electron chi connectivity index (χ4n) is 1.58. The molecule has 102 valence electrons. The Hall–Kier alpha value is -1.84. The lowest BCUT2D eigenvalue weighted by atomic mass is 10.1. The van der Waals surface area contributed by atoms with Crippen molar-refractivity contribution in [3.63, 3.8) is 0 Å². The van der Waals surface area contributed by atoms with Gasteiger partial charge in [-0.15, -0.1) is 12.3 Å². The average Bonchev–Trinajstić information content (AvgIpc) is 2.27. The Labute approximate surface area is 112 Å². The van der Waals surface area contributed by atoms with E-state index in [1.165, 1.54) is 18.2 Å². The molecule has 1 aromatic rings. The van der Waals surface area contributed by atoms with Crippen LogP contribution in [0.5, 0.6) is 0 Å². The molecule has 0 saturated carbocycles. The number of carbonyl (C=O) groups is 1. The summed E-state index contributed by atoms with van der Waals surface area (Å²) in [5, 5.41) is 8.84. The van der Waals surface area contributed by atoms with Crippen LogP contribution >= 0.6 is 0 Å². The highest BCUT2D eigenvalue weighted by Gasteiger charge is 2.15. The zero-order valence-corrected chi connectivity index (χ0v) is 11.3. The Morgan fingerprint density at radius 2 is 2.21 bits per heavy atom. The molecule has 0 aliphatic heterocycles. The maximum absolute atomic E-state index is 11.8. The fraction of sp³-hybridized carbons (Fsp3) is 0.308. The van der Waals surface area contributed by atoms with Gasteiger partial charge in [-0.25, -0.2) is 17.9 Å². The van der Waals surface area contributed by atoms with Gasteiger partial charge >= 0.3 is 5.97 Å². The molecular weight excluding hydrogens is 266 g/mol. The second-order valence-electron chi connectivity index (χ2n) is 4.19. The standard InChI is InChI=1S/C13H15NO4S/c1-3-5-10(2)14-19(17,18)9-11-6-4-7-12(8-11)13(15)16/h1,4,6-8,10,14H,5,9H2,2H3,(H,15,16). The Bertz CT molecular complexity index is 601. The molecule has 0 radical (unpaired) electrons. The molecule has 1 rings (SSSR count). The quantitative estimate of drug-likeness (QED) is 0.768. The predicted molar refractivity (Wildman–Crippen MR) is 72.1 cm³/mol. The van der Waals surface area contributed by atoms with Crippen molar-refractivity contribution in [3.8, 4) is 12.3 Å². The second-order valence-corrected chi connectivity index (χ2v) is 5.95. The lowest BCUT2D eigenvalue weighted by molar-refractivity contribution is 0.0696. The second kappa shape index (κ2) is 6.36. The lowest BCUT2D eigenvalue weighted by Gasteiger charge is -2.11. The Kier molecular flexibility index (Phi) is 5.10. The summed E-state index contributed by atoms with van der Waals surface area (Å²) < 4.78 is 26.1. The molecule has 19 heavy (non-hydrogen) atoms. The van der Waals surface area contributed by atoms with E-state index < -0.39 is 16.0 Å². The van der Waals surface area contributed by atoms with E-state index in [0.29, 0.717) is 12.0 Å². The van der Waals surface area contributed by atoms with Crippen LogP contribution in [0.2, 0.25) is 0 Å².